The summed E-state index contributed by atoms with van der Waals surface area (Å²) >= 11 is 0. The summed E-state index contributed by atoms with van der Waals surface area (Å²) in [4.78, 5) is 35.1. The molecule has 0 N–H and O–H groups in total. The lowest BCUT2D eigenvalue weighted by Gasteiger charge is -2.07. The van der Waals surface area contributed by atoms with Gasteiger partial charge in [0.25, 0.3) is 0 Å². The summed E-state index contributed by atoms with van der Waals surface area (Å²) in [5, 5.41) is 0. The zero-order valence-electron chi connectivity index (χ0n) is 15.1. The van der Waals surface area contributed by atoms with Gasteiger partial charge in [0.1, 0.15) is 6.79 Å². The van der Waals surface area contributed by atoms with Crippen molar-refractivity contribution in [3.05, 3.63) is 70.8 Å². The summed E-state index contributed by atoms with van der Waals surface area (Å²) in [6.45, 7) is 1.48. The molecule has 0 atom stereocenters. The highest BCUT2D eigenvalue weighted by Crippen LogP contribution is 2.09. The Kier molecular flexibility index (Phi) is 7.66. The highest BCUT2D eigenvalue weighted by molar-refractivity contribution is 5.96. The van der Waals surface area contributed by atoms with Crippen molar-refractivity contribution in [1.29, 1.82) is 0 Å². The molecule has 0 aromatic heterocycles. The van der Waals surface area contributed by atoms with Crippen LogP contribution in [-0.2, 0) is 25.6 Å². The van der Waals surface area contributed by atoms with E-state index >= 15 is 0 Å². The number of carbonyl (C=O) groups excluding carboxylic acids is 3. The predicted octanol–water partition coefficient (Wildman–Crippen LogP) is 2.98. The van der Waals surface area contributed by atoms with Crippen LogP contribution < -0.4 is 0 Å². The first-order chi connectivity index (χ1) is 13.0. The largest absolute Gasteiger partial charge is 0.424 e. The molecule has 0 fully saturated rings. The van der Waals surface area contributed by atoms with Crippen molar-refractivity contribution in [2.75, 3.05) is 20.7 Å². The molecule has 0 radical (unpaired) electrons. The lowest BCUT2D eigenvalue weighted by atomic mass is 10.1. The fourth-order valence-corrected chi connectivity index (χ4v) is 2.12. The second-order valence-electron chi connectivity index (χ2n) is 5.57. The van der Waals surface area contributed by atoms with Gasteiger partial charge in [0.2, 0.25) is 6.79 Å². The number of benzene rings is 2. The van der Waals surface area contributed by atoms with Gasteiger partial charge in [-0.05, 0) is 36.8 Å². The van der Waals surface area contributed by atoms with Crippen LogP contribution in [-0.4, -0.2) is 38.4 Å². The number of carbonyl (C=O) groups is 3. The quantitative estimate of drug-likeness (QED) is 0.289. The maximum Gasteiger partial charge on any atom is 0.340 e. The summed E-state index contributed by atoms with van der Waals surface area (Å²) in [6, 6.07) is 12.7. The molecule has 0 unspecified atom stereocenters. The van der Waals surface area contributed by atoms with Crippen LogP contribution in [0.25, 0.3) is 0 Å². The molecular formula is C20H20O7. The van der Waals surface area contributed by atoms with Crippen molar-refractivity contribution < 1.29 is 33.3 Å². The van der Waals surface area contributed by atoms with E-state index in [9.17, 15) is 14.4 Å². The molecule has 0 bridgehead atoms. The smallest absolute Gasteiger partial charge is 0.340 e. The fourth-order valence-electron chi connectivity index (χ4n) is 2.12. The van der Waals surface area contributed by atoms with Crippen LogP contribution in [0.3, 0.4) is 0 Å². The van der Waals surface area contributed by atoms with Crippen LogP contribution >= 0.6 is 0 Å². The van der Waals surface area contributed by atoms with Gasteiger partial charge >= 0.3 is 11.9 Å². The Balaban J connectivity index is 1.79. The molecule has 27 heavy (non-hydrogen) atoms. The minimum Gasteiger partial charge on any atom is -0.424 e. The van der Waals surface area contributed by atoms with Crippen molar-refractivity contribution in [1.82, 2.24) is 0 Å². The summed E-state index contributed by atoms with van der Waals surface area (Å²) in [5.41, 5.74) is 1.96. The van der Waals surface area contributed by atoms with Crippen LogP contribution in [0.4, 0.5) is 0 Å². The monoisotopic (exact) mass is 372 g/mol. The van der Waals surface area contributed by atoms with Crippen molar-refractivity contribution in [3.63, 3.8) is 0 Å². The summed E-state index contributed by atoms with van der Waals surface area (Å²) in [5.74, 6) is -1.36. The molecule has 2 aromatic rings. The molecule has 0 spiro atoms. The van der Waals surface area contributed by atoms with Gasteiger partial charge in [-0.1, -0.05) is 24.3 Å². The number of hydrogen-bond acceptors (Lipinski definition) is 7. The zero-order valence-corrected chi connectivity index (χ0v) is 15.1. The van der Waals surface area contributed by atoms with Crippen LogP contribution in [0.1, 0.15) is 43.6 Å². The van der Waals surface area contributed by atoms with Gasteiger partial charge in [-0.15, -0.1) is 0 Å². The summed E-state index contributed by atoms with van der Waals surface area (Å²) in [7, 11) is 1.53. The summed E-state index contributed by atoms with van der Waals surface area (Å²) < 4.78 is 19.8. The van der Waals surface area contributed by atoms with Gasteiger partial charge in [0.05, 0.1) is 17.7 Å². The van der Waals surface area contributed by atoms with Crippen LogP contribution in [0.2, 0.25) is 0 Å². The topological polar surface area (TPSA) is 88.1 Å². The molecule has 0 aliphatic rings. The van der Waals surface area contributed by atoms with E-state index in [1.807, 2.05) is 0 Å². The number of ether oxygens (including phenoxy) is 4. The van der Waals surface area contributed by atoms with Crippen molar-refractivity contribution in [2.24, 2.45) is 0 Å². The standard InChI is InChI=1S/C20H20O7/c1-14(21)16-7-9-18(10-8-16)20(23)27-13-26-19(22)17-5-3-15(4-6-17)11-25-12-24-2/h3-10H,11-13H2,1-2H3. The third-order valence-electron chi connectivity index (χ3n) is 3.57. The molecule has 0 saturated carbocycles. The molecule has 2 rings (SSSR count). The van der Waals surface area contributed by atoms with Gasteiger partial charge in [-0.3, -0.25) is 4.79 Å². The number of Topliss-reactive ketones (excluding diaryl/α,β-unsaturated/α-hetero) is 1. The van der Waals surface area contributed by atoms with E-state index in [2.05, 4.69) is 0 Å². The van der Waals surface area contributed by atoms with Crippen molar-refractivity contribution in [2.45, 2.75) is 13.5 Å². The molecule has 0 amide bonds. The van der Waals surface area contributed by atoms with Crippen molar-refractivity contribution in [3.8, 4) is 0 Å². The fraction of sp³-hybridized carbons (Fsp3) is 0.250. The van der Waals surface area contributed by atoms with E-state index in [1.165, 1.54) is 38.3 Å². The molecule has 0 heterocycles. The normalized spacial score (nSPS) is 10.3. The highest BCUT2D eigenvalue weighted by atomic mass is 16.7. The first kappa shape index (κ1) is 20.3. The minimum atomic E-state index is -0.649. The predicted molar refractivity (Wildman–Crippen MR) is 95.3 cm³/mol. The van der Waals surface area contributed by atoms with Gasteiger partial charge in [-0.25, -0.2) is 9.59 Å². The number of ketones is 1. The maximum atomic E-state index is 12.0. The Morgan fingerprint density at radius 3 is 1.70 bits per heavy atom. The average Bonchev–Trinajstić information content (AvgIpc) is 2.68. The second kappa shape index (κ2) is 10.2. The Morgan fingerprint density at radius 2 is 1.22 bits per heavy atom. The van der Waals surface area contributed by atoms with E-state index in [-0.39, 0.29) is 18.1 Å². The molecule has 7 heteroatoms. The van der Waals surface area contributed by atoms with Crippen LogP contribution in [0.5, 0.6) is 0 Å². The van der Waals surface area contributed by atoms with Crippen molar-refractivity contribution >= 4 is 17.7 Å². The van der Waals surface area contributed by atoms with Gasteiger partial charge in [0, 0.05) is 12.7 Å². The van der Waals surface area contributed by atoms with E-state index in [1.54, 1.807) is 24.3 Å². The van der Waals surface area contributed by atoms with Crippen LogP contribution in [0, 0.1) is 0 Å². The van der Waals surface area contributed by atoms with E-state index < -0.39 is 18.7 Å². The third-order valence-corrected chi connectivity index (χ3v) is 3.57. The Bertz CT molecular complexity index is 779. The summed E-state index contributed by atoms with van der Waals surface area (Å²) in [6.07, 6.45) is 0. The molecule has 7 nitrogen and oxygen atoms in total. The van der Waals surface area contributed by atoms with Crippen LogP contribution in [0.15, 0.2) is 48.5 Å². The zero-order chi connectivity index (χ0) is 19.6. The average molecular weight is 372 g/mol. The Morgan fingerprint density at radius 1 is 0.741 bits per heavy atom. The molecule has 0 saturated heterocycles. The lowest BCUT2D eigenvalue weighted by molar-refractivity contribution is -0.0391. The Labute approximate surface area is 156 Å². The molecule has 2 aromatic carbocycles. The number of rotatable bonds is 9. The molecule has 0 aliphatic heterocycles. The number of esters is 2. The minimum absolute atomic E-state index is 0.0971. The second-order valence-corrected chi connectivity index (χ2v) is 5.57. The lowest BCUT2D eigenvalue weighted by Crippen LogP contribution is -2.13. The Hall–Kier alpha value is -3.03. The maximum absolute atomic E-state index is 12.0. The van der Waals surface area contributed by atoms with Gasteiger partial charge < -0.3 is 18.9 Å². The number of hydrogen-bond donors (Lipinski definition) is 0. The van der Waals surface area contributed by atoms with Gasteiger partial charge in [-0.2, -0.15) is 0 Å². The SMILES string of the molecule is COCOCc1ccc(C(=O)OCOC(=O)c2ccc(C(C)=O)cc2)cc1. The molecule has 0 aliphatic carbocycles. The van der Waals surface area contributed by atoms with Gasteiger partial charge in [0.15, 0.2) is 5.78 Å². The first-order valence-electron chi connectivity index (χ1n) is 8.12. The highest BCUT2D eigenvalue weighted by Gasteiger charge is 2.11. The third kappa shape index (κ3) is 6.32. The molecule has 142 valence electrons. The van der Waals surface area contributed by atoms with E-state index in [0.717, 1.165) is 5.56 Å². The van der Waals surface area contributed by atoms with E-state index in [4.69, 9.17) is 18.9 Å². The first-order valence-corrected chi connectivity index (χ1v) is 8.12. The molecular weight excluding hydrogens is 352 g/mol. The number of methoxy groups -OCH3 is 1. The van der Waals surface area contributed by atoms with E-state index in [0.29, 0.717) is 17.7 Å².